The maximum absolute atomic E-state index is 12.4. The summed E-state index contributed by atoms with van der Waals surface area (Å²) in [5.41, 5.74) is 1.45. The minimum atomic E-state index is -0.625. The fourth-order valence-corrected chi connectivity index (χ4v) is 3.49. The lowest BCUT2D eigenvalue weighted by Crippen LogP contribution is -2.74. The predicted molar refractivity (Wildman–Crippen MR) is 77.9 cm³/mol. The molecule has 20 heavy (non-hydrogen) atoms. The zero-order valence-electron chi connectivity index (χ0n) is 12.4. The predicted octanol–water partition coefficient (Wildman–Crippen LogP) is 1.75. The van der Waals surface area contributed by atoms with Crippen molar-refractivity contribution in [2.75, 3.05) is 13.2 Å². The zero-order chi connectivity index (χ0) is 15.0. The van der Waals surface area contributed by atoms with E-state index in [2.05, 4.69) is 10.3 Å². The summed E-state index contributed by atoms with van der Waals surface area (Å²) >= 11 is 1.32. The molecule has 5 nitrogen and oxygen atoms in total. The molecule has 0 aliphatic heterocycles. The van der Waals surface area contributed by atoms with E-state index in [1.807, 2.05) is 27.7 Å². The Kier molecular flexibility index (Phi) is 4.18. The van der Waals surface area contributed by atoms with E-state index in [0.29, 0.717) is 17.9 Å². The molecule has 1 amide bonds. The van der Waals surface area contributed by atoms with Gasteiger partial charge in [-0.25, -0.2) is 4.98 Å². The third-order valence-corrected chi connectivity index (χ3v) is 5.44. The molecular formula is C14H22N2O3S. The Hall–Kier alpha value is -0.980. The van der Waals surface area contributed by atoms with Gasteiger partial charge in [0, 0.05) is 18.4 Å². The van der Waals surface area contributed by atoms with E-state index in [4.69, 9.17) is 4.74 Å². The second-order valence-electron chi connectivity index (χ2n) is 5.83. The Morgan fingerprint density at radius 3 is 2.80 bits per heavy atom. The van der Waals surface area contributed by atoms with Crippen molar-refractivity contribution in [1.82, 2.24) is 10.3 Å². The third kappa shape index (κ3) is 2.25. The van der Waals surface area contributed by atoms with Crippen LogP contribution in [0.1, 0.15) is 42.6 Å². The first-order valence-corrected chi connectivity index (χ1v) is 7.71. The molecule has 2 atom stereocenters. The second kappa shape index (κ2) is 5.42. The van der Waals surface area contributed by atoms with Gasteiger partial charge in [0.1, 0.15) is 4.88 Å². The topological polar surface area (TPSA) is 71.5 Å². The van der Waals surface area contributed by atoms with Gasteiger partial charge in [-0.3, -0.25) is 4.79 Å². The van der Waals surface area contributed by atoms with Crippen LogP contribution in [0.25, 0.3) is 0 Å². The standard InChI is InChI=1S/C14H22N2O3S/c1-5-19-10-6-14(7-17,13(10,3)4)16-12(18)11-9(2)15-8-20-11/h8,10,17H,5-7H2,1-4H3,(H,16,18)/t10-,14+/m0/s1. The number of nitrogens with zero attached hydrogens (tertiary/aromatic N) is 1. The van der Waals surface area contributed by atoms with Crippen LogP contribution in [0.4, 0.5) is 0 Å². The Labute approximate surface area is 123 Å². The molecule has 6 heteroatoms. The summed E-state index contributed by atoms with van der Waals surface area (Å²) < 4.78 is 5.67. The first-order valence-electron chi connectivity index (χ1n) is 6.83. The van der Waals surface area contributed by atoms with Gasteiger partial charge in [0.05, 0.1) is 29.5 Å². The van der Waals surface area contributed by atoms with E-state index < -0.39 is 5.54 Å². The van der Waals surface area contributed by atoms with Gasteiger partial charge in [-0.2, -0.15) is 0 Å². The molecule has 1 aliphatic rings. The summed E-state index contributed by atoms with van der Waals surface area (Å²) in [5, 5.41) is 12.8. The quantitative estimate of drug-likeness (QED) is 0.868. The van der Waals surface area contributed by atoms with Gasteiger partial charge in [0.2, 0.25) is 0 Å². The van der Waals surface area contributed by atoms with Crippen molar-refractivity contribution in [2.45, 2.75) is 45.8 Å². The largest absolute Gasteiger partial charge is 0.394 e. The zero-order valence-corrected chi connectivity index (χ0v) is 13.2. The molecule has 2 rings (SSSR count). The number of nitrogens with one attached hydrogen (secondary N) is 1. The van der Waals surface area contributed by atoms with Gasteiger partial charge >= 0.3 is 0 Å². The highest BCUT2D eigenvalue weighted by atomic mass is 32.1. The SMILES string of the molecule is CCO[C@H]1C[C@](CO)(NC(=O)c2scnc2C)C1(C)C. The summed E-state index contributed by atoms with van der Waals surface area (Å²) in [4.78, 5) is 17.0. The van der Waals surface area contributed by atoms with Crippen molar-refractivity contribution in [1.29, 1.82) is 0 Å². The van der Waals surface area contributed by atoms with Crippen LogP contribution in [0.5, 0.6) is 0 Å². The monoisotopic (exact) mass is 298 g/mol. The molecular weight excluding hydrogens is 276 g/mol. The minimum Gasteiger partial charge on any atom is -0.394 e. The molecule has 1 saturated carbocycles. The Balaban J connectivity index is 2.14. The van der Waals surface area contributed by atoms with E-state index in [0.717, 1.165) is 5.69 Å². The number of carbonyl (C=O) groups is 1. The van der Waals surface area contributed by atoms with Crippen LogP contribution in [0.15, 0.2) is 5.51 Å². The number of aliphatic hydroxyl groups excluding tert-OH is 1. The lowest BCUT2D eigenvalue weighted by molar-refractivity contribution is -0.172. The number of ether oxygens (including phenoxy) is 1. The first kappa shape index (κ1) is 15.4. The lowest BCUT2D eigenvalue weighted by atomic mass is 9.54. The summed E-state index contributed by atoms with van der Waals surface area (Å²) in [6, 6.07) is 0. The highest BCUT2D eigenvalue weighted by molar-refractivity contribution is 7.11. The van der Waals surface area contributed by atoms with Crippen LogP contribution >= 0.6 is 11.3 Å². The van der Waals surface area contributed by atoms with E-state index >= 15 is 0 Å². The average Bonchev–Trinajstić information content (AvgIpc) is 2.83. The number of aryl methyl sites for hydroxylation is 1. The number of thiazole rings is 1. The third-order valence-electron chi connectivity index (χ3n) is 4.51. The van der Waals surface area contributed by atoms with Crippen LogP contribution in [-0.4, -0.2) is 40.9 Å². The molecule has 1 aliphatic carbocycles. The average molecular weight is 298 g/mol. The number of aromatic nitrogens is 1. The summed E-state index contributed by atoms with van der Waals surface area (Å²) in [5.74, 6) is -0.165. The number of rotatable bonds is 5. The normalized spacial score (nSPS) is 27.9. The molecule has 1 aromatic rings. The van der Waals surface area contributed by atoms with E-state index in [1.165, 1.54) is 11.3 Å². The fourth-order valence-electron chi connectivity index (χ4n) is 2.79. The van der Waals surface area contributed by atoms with Gasteiger partial charge in [0.15, 0.2) is 0 Å². The Morgan fingerprint density at radius 2 is 2.35 bits per heavy atom. The molecule has 0 spiro atoms. The van der Waals surface area contributed by atoms with Crippen molar-refractivity contribution in [2.24, 2.45) is 5.41 Å². The van der Waals surface area contributed by atoms with Crippen molar-refractivity contribution in [3.05, 3.63) is 16.1 Å². The molecule has 1 fully saturated rings. The first-order chi connectivity index (χ1) is 9.38. The smallest absolute Gasteiger partial charge is 0.263 e. The van der Waals surface area contributed by atoms with Crippen LogP contribution in [0.2, 0.25) is 0 Å². The number of aliphatic hydroxyl groups is 1. The molecule has 0 radical (unpaired) electrons. The molecule has 0 unspecified atom stereocenters. The second-order valence-corrected chi connectivity index (χ2v) is 6.69. The highest BCUT2D eigenvalue weighted by Crippen LogP contribution is 2.51. The number of amides is 1. The van der Waals surface area contributed by atoms with Crippen molar-refractivity contribution < 1.29 is 14.6 Å². The molecule has 2 N–H and O–H groups in total. The minimum absolute atomic E-state index is 0.0579. The van der Waals surface area contributed by atoms with Gasteiger partial charge in [-0.05, 0) is 13.8 Å². The van der Waals surface area contributed by atoms with Crippen molar-refractivity contribution >= 4 is 17.2 Å². The van der Waals surface area contributed by atoms with E-state index in [1.54, 1.807) is 5.51 Å². The summed E-state index contributed by atoms with van der Waals surface area (Å²) in [6.45, 7) is 8.35. The summed E-state index contributed by atoms with van der Waals surface area (Å²) in [6.07, 6.45) is 0.691. The molecule has 1 aromatic heterocycles. The van der Waals surface area contributed by atoms with Crippen LogP contribution in [0.3, 0.4) is 0 Å². The lowest BCUT2D eigenvalue weighted by Gasteiger charge is -2.60. The molecule has 112 valence electrons. The van der Waals surface area contributed by atoms with Gasteiger partial charge < -0.3 is 15.2 Å². The van der Waals surface area contributed by atoms with E-state index in [-0.39, 0.29) is 24.0 Å². The van der Waals surface area contributed by atoms with Crippen molar-refractivity contribution in [3.63, 3.8) is 0 Å². The maximum Gasteiger partial charge on any atom is 0.263 e. The Bertz CT molecular complexity index is 500. The van der Waals surface area contributed by atoms with Gasteiger partial charge in [0.25, 0.3) is 5.91 Å². The molecule has 0 aromatic carbocycles. The number of carbonyl (C=O) groups excluding carboxylic acids is 1. The Morgan fingerprint density at radius 1 is 1.65 bits per heavy atom. The molecule has 0 saturated heterocycles. The van der Waals surface area contributed by atoms with Crippen LogP contribution in [-0.2, 0) is 4.74 Å². The van der Waals surface area contributed by atoms with Gasteiger partial charge in [-0.1, -0.05) is 13.8 Å². The van der Waals surface area contributed by atoms with Crippen molar-refractivity contribution in [3.8, 4) is 0 Å². The molecule has 1 heterocycles. The van der Waals surface area contributed by atoms with E-state index in [9.17, 15) is 9.90 Å². The number of hydrogen-bond donors (Lipinski definition) is 2. The van der Waals surface area contributed by atoms with Crippen LogP contribution < -0.4 is 5.32 Å². The highest BCUT2D eigenvalue weighted by Gasteiger charge is 2.61. The van der Waals surface area contributed by atoms with Crippen LogP contribution in [0, 0.1) is 12.3 Å². The maximum atomic E-state index is 12.4. The van der Waals surface area contributed by atoms with Gasteiger partial charge in [-0.15, -0.1) is 11.3 Å². The molecule has 0 bridgehead atoms. The number of hydrogen-bond acceptors (Lipinski definition) is 5. The summed E-state index contributed by atoms with van der Waals surface area (Å²) in [7, 11) is 0. The fraction of sp³-hybridized carbons (Fsp3) is 0.714.